The van der Waals surface area contributed by atoms with Gasteiger partial charge in [0.1, 0.15) is 17.7 Å². The van der Waals surface area contributed by atoms with Crippen molar-refractivity contribution in [1.29, 1.82) is 0 Å². The quantitative estimate of drug-likeness (QED) is 0.561. The lowest BCUT2D eigenvalue weighted by atomic mass is 9.65. The molecule has 0 saturated carbocycles. The zero-order chi connectivity index (χ0) is 23.9. The molecule has 0 radical (unpaired) electrons. The monoisotopic (exact) mass is 514 g/mol. The highest BCUT2D eigenvalue weighted by Gasteiger charge is 2.48. The van der Waals surface area contributed by atoms with E-state index in [0.717, 1.165) is 34.3 Å². The summed E-state index contributed by atoms with van der Waals surface area (Å²) >= 11 is 3.42. The number of carbonyl (C=O) groups is 1. The SMILES string of the molecule is CC1(C)Cc2ccc(NCc3ccc(Br)cn3)cc2C2(COC(NC(=O)OC(C)(C)C)=N2)C1. The zero-order valence-corrected chi connectivity index (χ0v) is 21.4. The molecule has 1 aliphatic heterocycles. The fraction of sp³-hybridized carbons (Fsp3) is 0.480. The Balaban J connectivity index is 1.58. The Morgan fingerprint density at radius 2 is 2.03 bits per heavy atom. The third-order valence-electron chi connectivity index (χ3n) is 5.68. The summed E-state index contributed by atoms with van der Waals surface area (Å²) in [6, 6.07) is 10.6. The maximum atomic E-state index is 12.2. The number of nitrogens with zero attached hydrogens (tertiary/aromatic N) is 2. The Morgan fingerprint density at radius 3 is 2.73 bits per heavy atom. The Bertz CT molecular complexity index is 1080. The lowest BCUT2D eigenvalue weighted by Gasteiger charge is -2.41. The molecule has 1 unspecified atom stereocenters. The second-order valence-corrected chi connectivity index (χ2v) is 11.5. The van der Waals surface area contributed by atoms with Crippen LogP contribution < -0.4 is 10.6 Å². The largest absolute Gasteiger partial charge is 0.462 e. The fourth-order valence-corrected chi connectivity index (χ4v) is 4.81. The van der Waals surface area contributed by atoms with Crippen molar-refractivity contribution in [2.45, 2.75) is 65.1 Å². The summed E-state index contributed by atoms with van der Waals surface area (Å²) in [6.07, 6.45) is 3.02. The number of benzene rings is 1. The molecule has 4 rings (SSSR count). The lowest BCUT2D eigenvalue weighted by molar-refractivity contribution is 0.0550. The highest BCUT2D eigenvalue weighted by molar-refractivity contribution is 9.10. The number of pyridine rings is 1. The Hall–Kier alpha value is -2.61. The summed E-state index contributed by atoms with van der Waals surface area (Å²) in [6.45, 7) is 11.0. The number of aliphatic imine (C=N–C) groups is 1. The summed E-state index contributed by atoms with van der Waals surface area (Å²) in [5, 5.41) is 6.14. The Kier molecular flexibility index (Phi) is 6.16. The third kappa shape index (κ3) is 5.66. The molecule has 2 N–H and O–H groups in total. The summed E-state index contributed by atoms with van der Waals surface area (Å²) in [7, 11) is 0. The molecule has 0 saturated heterocycles. The number of carbonyl (C=O) groups excluding carboxylic acids is 1. The molecule has 8 heteroatoms. The van der Waals surface area contributed by atoms with Gasteiger partial charge < -0.3 is 14.8 Å². The lowest BCUT2D eigenvalue weighted by Crippen LogP contribution is -2.39. The maximum Gasteiger partial charge on any atom is 0.415 e. The van der Waals surface area contributed by atoms with Crippen molar-refractivity contribution >= 4 is 33.7 Å². The van der Waals surface area contributed by atoms with Crippen molar-refractivity contribution in [1.82, 2.24) is 10.3 Å². The molecule has 0 bridgehead atoms. The number of amidine groups is 1. The molecule has 1 aromatic carbocycles. The molecule has 2 aliphatic rings. The first-order valence-electron chi connectivity index (χ1n) is 11.1. The fourth-order valence-electron chi connectivity index (χ4n) is 4.57. The number of hydrogen-bond donors (Lipinski definition) is 2. The van der Waals surface area contributed by atoms with Gasteiger partial charge in [-0.05, 0) is 90.4 Å². The van der Waals surface area contributed by atoms with E-state index in [1.807, 2.05) is 32.9 Å². The van der Waals surface area contributed by atoms with Gasteiger partial charge in [0.05, 0.1) is 12.2 Å². The third-order valence-corrected chi connectivity index (χ3v) is 6.15. The first kappa shape index (κ1) is 23.5. The average Bonchev–Trinajstić information content (AvgIpc) is 3.08. The number of rotatable bonds is 3. The Morgan fingerprint density at radius 1 is 1.24 bits per heavy atom. The molecule has 176 valence electrons. The number of alkyl carbamates (subject to hydrolysis) is 1. The number of hydrogen-bond acceptors (Lipinski definition) is 6. The van der Waals surface area contributed by atoms with Gasteiger partial charge in [-0.3, -0.25) is 4.98 Å². The molecule has 1 aromatic heterocycles. The summed E-state index contributed by atoms with van der Waals surface area (Å²) < 4.78 is 12.2. The van der Waals surface area contributed by atoms with Crippen LogP contribution in [0.5, 0.6) is 0 Å². The van der Waals surface area contributed by atoms with E-state index in [1.54, 1.807) is 6.20 Å². The number of fused-ring (bicyclic) bond motifs is 2. The van der Waals surface area contributed by atoms with Crippen molar-refractivity contribution in [3.05, 3.63) is 57.8 Å². The predicted octanol–water partition coefficient (Wildman–Crippen LogP) is 5.53. The van der Waals surface area contributed by atoms with Crippen LogP contribution in [0.15, 0.2) is 46.0 Å². The minimum atomic E-state index is -0.593. The van der Waals surface area contributed by atoms with Crippen LogP contribution in [-0.4, -0.2) is 29.3 Å². The second-order valence-electron chi connectivity index (χ2n) is 10.6. The van der Waals surface area contributed by atoms with Gasteiger partial charge in [-0.25, -0.2) is 15.1 Å². The van der Waals surface area contributed by atoms with Crippen LogP contribution in [0.3, 0.4) is 0 Å². The number of aromatic nitrogens is 1. The molecule has 7 nitrogen and oxygen atoms in total. The number of halogens is 1. The van der Waals surface area contributed by atoms with E-state index in [-0.39, 0.29) is 11.4 Å². The van der Waals surface area contributed by atoms with Crippen molar-refractivity contribution in [3.63, 3.8) is 0 Å². The summed E-state index contributed by atoms with van der Waals surface area (Å²) in [5.74, 6) is 0. The van der Waals surface area contributed by atoms with Crippen LogP contribution in [0.1, 0.15) is 57.9 Å². The van der Waals surface area contributed by atoms with Crippen LogP contribution in [-0.2, 0) is 28.0 Å². The number of ether oxygens (including phenoxy) is 2. The van der Waals surface area contributed by atoms with Gasteiger partial charge in [-0.2, -0.15) is 0 Å². The molecular weight excluding hydrogens is 484 g/mol. The van der Waals surface area contributed by atoms with Gasteiger partial charge in [0, 0.05) is 16.4 Å². The molecule has 1 atom stereocenters. The molecule has 33 heavy (non-hydrogen) atoms. The van der Waals surface area contributed by atoms with Crippen molar-refractivity contribution in [2.75, 3.05) is 11.9 Å². The van der Waals surface area contributed by atoms with E-state index in [1.165, 1.54) is 5.56 Å². The number of anilines is 1. The van der Waals surface area contributed by atoms with Crippen molar-refractivity contribution in [3.8, 4) is 0 Å². The minimum absolute atomic E-state index is 0.0531. The minimum Gasteiger partial charge on any atom is -0.462 e. The van der Waals surface area contributed by atoms with Gasteiger partial charge in [0.25, 0.3) is 6.02 Å². The van der Waals surface area contributed by atoms with Gasteiger partial charge in [0.15, 0.2) is 0 Å². The zero-order valence-electron chi connectivity index (χ0n) is 19.8. The molecule has 2 heterocycles. The normalized spacial score (nSPS) is 21.1. The molecule has 2 aromatic rings. The standard InChI is InChI=1S/C25H31BrN4O3/c1-23(2,3)33-22(31)29-21-30-25(15-32-21)14-24(4,5)11-16-6-8-18(10-20(16)25)28-13-19-9-7-17(26)12-27-19/h6-10,12,28H,11,13-15H2,1-5H3,(H,29,30,31). The van der Waals surface area contributed by atoms with Gasteiger partial charge in [-0.1, -0.05) is 19.9 Å². The van der Waals surface area contributed by atoms with Crippen LogP contribution >= 0.6 is 15.9 Å². The highest BCUT2D eigenvalue weighted by atomic mass is 79.9. The molecule has 1 aliphatic carbocycles. The Labute approximate surface area is 203 Å². The van der Waals surface area contributed by atoms with Crippen LogP contribution in [0, 0.1) is 5.41 Å². The number of nitrogens with one attached hydrogen (secondary N) is 2. The van der Waals surface area contributed by atoms with E-state index in [9.17, 15) is 4.79 Å². The van der Waals surface area contributed by atoms with E-state index in [2.05, 4.69) is 63.6 Å². The van der Waals surface area contributed by atoms with Gasteiger partial charge >= 0.3 is 6.09 Å². The van der Waals surface area contributed by atoms with Crippen LogP contribution in [0.4, 0.5) is 10.5 Å². The van der Waals surface area contributed by atoms with Crippen LogP contribution in [0.2, 0.25) is 0 Å². The van der Waals surface area contributed by atoms with E-state index >= 15 is 0 Å². The topological polar surface area (TPSA) is 84.8 Å². The first-order valence-corrected chi connectivity index (χ1v) is 11.9. The van der Waals surface area contributed by atoms with Crippen LogP contribution in [0.25, 0.3) is 0 Å². The van der Waals surface area contributed by atoms with E-state index < -0.39 is 17.2 Å². The molecule has 0 fully saturated rings. The second kappa shape index (κ2) is 8.63. The average molecular weight is 515 g/mol. The molecule has 1 amide bonds. The summed E-state index contributed by atoms with van der Waals surface area (Å²) in [5.41, 5.74) is 3.26. The van der Waals surface area contributed by atoms with E-state index in [0.29, 0.717) is 13.2 Å². The summed E-state index contributed by atoms with van der Waals surface area (Å²) in [4.78, 5) is 21.6. The maximum absolute atomic E-state index is 12.2. The van der Waals surface area contributed by atoms with Crippen molar-refractivity contribution in [2.24, 2.45) is 10.4 Å². The molecular formula is C25H31BrN4O3. The number of amides is 1. The van der Waals surface area contributed by atoms with E-state index in [4.69, 9.17) is 14.5 Å². The first-order chi connectivity index (χ1) is 15.4. The predicted molar refractivity (Wildman–Crippen MR) is 132 cm³/mol. The van der Waals surface area contributed by atoms with Gasteiger partial charge in [-0.15, -0.1) is 0 Å². The van der Waals surface area contributed by atoms with Crippen molar-refractivity contribution < 1.29 is 14.3 Å². The van der Waals surface area contributed by atoms with Gasteiger partial charge in [0.2, 0.25) is 0 Å². The highest BCUT2D eigenvalue weighted by Crippen LogP contribution is 2.49. The smallest absolute Gasteiger partial charge is 0.415 e. The molecule has 1 spiro atoms.